The minimum atomic E-state index is -0.757. The lowest BCUT2D eigenvalue weighted by Crippen LogP contribution is -2.57. The summed E-state index contributed by atoms with van der Waals surface area (Å²) in [5.74, 6) is 0.529. The smallest absolute Gasteiger partial charge is 0.251 e. The second-order valence-corrected chi connectivity index (χ2v) is 23.7. The van der Waals surface area contributed by atoms with Gasteiger partial charge in [0.2, 0.25) is 17.7 Å². The molecule has 2 aliphatic rings. The van der Waals surface area contributed by atoms with E-state index in [1.54, 1.807) is 52.9 Å². The first-order valence-corrected chi connectivity index (χ1v) is 30.9. The number of rotatable bonds is 33. The summed E-state index contributed by atoms with van der Waals surface area (Å²) >= 11 is 1.60. The summed E-state index contributed by atoms with van der Waals surface area (Å²) in [5, 5.41) is 23.6. The maximum Gasteiger partial charge on any atom is 0.251 e. The van der Waals surface area contributed by atoms with Gasteiger partial charge in [-0.1, -0.05) is 63.9 Å². The van der Waals surface area contributed by atoms with Gasteiger partial charge in [0.05, 0.1) is 54.7 Å². The number of anilines is 1. The monoisotopic (exact) mass is 1220 g/mol. The Hall–Kier alpha value is -6.88. The predicted molar refractivity (Wildman–Crippen MR) is 333 cm³/mol. The molecule has 0 radical (unpaired) electrons. The Labute approximate surface area is 514 Å². The Bertz CT molecular complexity index is 3070. The first-order chi connectivity index (χ1) is 41.3. The van der Waals surface area contributed by atoms with E-state index in [4.69, 9.17) is 23.9 Å². The van der Waals surface area contributed by atoms with Gasteiger partial charge in [-0.3, -0.25) is 29.3 Å². The maximum atomic E-state index is 14.9. The van der Waals surface area contributed by atoms with Gasteiger partial charge in [-0.25, -0.2) is 14.4 Å². The number of carbonyl (C=O) groups is 4. The van der Waals surface area contributed by atoms with Gasteiger partial charge < -0.3 is 50.4 Å². The number of likely N-dealkylation sites (tertiary alicyclic amines) is 1. The topological polar surface area (TPSA) is 236 Å². The Morgan fingerprint density at radius 2 is 1.50 bits per heavy atom. The van der Waals surface area contributed by atoms with Crippen molar-refractivity contribution < 1.29 is 42.5 Å². The van der Waals surface area contributed by atoms with Crippen molar-refractivity contribution in [1.29, 1.82) is 0 Å². The number of H-pyrrole nitrogens is 1. The van der Waals surface area contributed by atoms with Gasteiger partial charge in [0.1, 0.15) is 23.7 Å². The fourth-order valence-electron chi connectivity index (χ4n) is 10.5. The molecule has 6 N–H and O–H groups in total. The number of ether oxygens (including phenoxy) is 4. The summed E-state index contributed by atoms with van der Waals surface area (Å²) in [6.07, 6.45) is 12.5. The van der Waals surface area contributed by atoms with Crippen molar-refractivity contribution in [2.24, 2.45) is 5.41 Å². The molecule has 3 aromatic carbocycles. The number of unbranched alkanes of at least 4 members (excludes halogenated alkanes) is 5. The lowest BCUT2D eigenvalue weighted by Gasteiger charge is -2.37. The third kappa shape index (κ3) is 19.8. The molecule has 0 aliphatic carbocycles. The quantitative estimate of drug-likeness (QED) is 0.0211. The molecule has 22 heteroatoms. The van der Waals surface area contributed by atoms with Crippen LogP contribution in [0.4, 0.5) is 10.1 Å². The fraction of sp³-hybridized carbons (Fsp3) is 0.500. The number of halogens is 2. The lowest BCUT2D eigenvalue weighted by molar-refractivity contribution is -0.143. The number of hydrogen-bond donors (Lipinski definition) is 6. The molecule has 0 saturated carbocycles. The van der Waals surface area contributed by atoms with E-state index in [0.29, 0.717) is 101 Å². The zero-order valence-corrected chi connectivity index (χ0v) is 51.7. The number of carbonyl (C=O) groups excluding carboxylic acids is 4. The lowest BCUT2D eigenvalue weighted by atomic mass is 9.85. The van der Waals surface area contributed by atoms with Crippen LogP contribution in [0.1, 0.15) is 131 Å². The number of hydrogen-bond acceptors (Lipinski definition) is 15. The molecule has 6 aromatic rings. The van der Waals surface area contributed by atoms with Crippen molar-refractivity contribution in [3.63, 3.8) is 0 Å². The predicted octanol–water partition coefficient (Wildman–Crippen LogP) is 9.87. The fourth-order valence-corrected chi connectivity index (χ4v) is 11.3. The molecule has 3 aromatic heterocycles. The van der Waals surface area contributed by atoms with Crippen LogP contribution in [0.2, 0.25) is 0 Å². The molecule has 86 heavy (non-hydrogen) atoms. The van der Waals surface area contributed by atoms with E-state index in [2.05, 4.69) is 46.7 Å². The van der Waals surface area contributed by atoms with Crippen LogP contribution in [0.5, 0.6) is 5.75 Å². The van der Waals surface area contributed by atoms with Crippen molar-refractivity contribution in [2.45, 2.75) is 135 Å². The molecule has 2 aliphatic heterocycles. The molecule has 2 saturated heterocycles. The third-order valence-corrected chi connectivity index (χ3v) is 16.4. The largest absolute Gasteiger partial charge is 0.494 e. The van der Waals surface area contributed by atoms with Crippen molar-refractivity contribution in [3.05, 3.63) is 131 Å². The molecule has 2 fully saturated rings. The number of benzene rings is 3. The summed E-state index contributed by atoms with van der Waals surface area (Å²) in [6.45, 7) is 13.8. The minimum absolute atomic E-state index is 0. The normalized spacial score (nSPS) is 15.1. The van der Waals surface area contributed by atoms with Crippen LogP contribution in [0.15, 0.2) is 96.8 Å². The Morgan fingerprint density at radius 3 is 2.20 bits per heavy atom. The number of aromatic nitrogens is 5. The molecule has 0 unspecified atom stereocenters. The highest BCUT2D eigenvalue weighted by atomic mass is 35.5. The van der Waals surface area contributed by atoms with Gasteiger partial charge >= 0.3 is 0 Å². The zero-order chi connectivity index (χ0) is 59.9. The van der Waals surface area contributed by atoms with Gasteiger partial charge in [-0.2, -0.15) is 5.10 Å². The van der Waals surface area contributed by atoms with Gasteiger partial charge in [0.15, 0.2) is 11.6 Å². The average Bonchev–Trinajstić information content (AvgIpc) is 2.00. The molecule has 5 heterocycles. The summed E-state index contributed by atoms with van der Waals surface area (Å²) in [6, 6.07) is 22.4. The summed E-state index contributed by atoms with van der Waals surface area (Å²) in [4.78, 5) is 70.0. The molecular formula is C64H85ClFN11O8S. The second-order valence-electron chi connectivity index (χ2n) is 22.9. The van der Waals surface area contributed by atoms with E-state index in [1.165, 1.54) is 6.07 Å². The van der Waals surface area contributed by atoms with E-state index in [0.717, 1.165) is 110 Å². The number of piperidine rings is 1. The molecule has 464 valence electrons. The van der Waals surface area contributed by atoms with Gasteiger partial charge in [-0.15, -0.1) is 23.7 Å². The average molecular weight is 1220 g/mol. The van der Waals surface area contributed by atoms with Crippen molar-refractivity contribution in [2.75, 3.05) is 71.2 Å². The summed E-state index contributed by atoms with van der Waals surface area (Å²) < 4.78 is 38.0. The highest BCUT2D eigenvalue weighted by Crippen LogP contribution is 2.35. The zero-order valence-electron chi connectivity index (χ0n) is 50.1. The third-order valence-electron chi connectivity index (χ3n) is 15.4. The van der Waals surface area contributed by atoms with Crippen LogP contribution >= 0.6 is 23.7 Å². The Morgan fingerprint density at radius 1 is 0.802 bits per heavy atom. The standard InChI is InChI=1S/C64H84FN11O8S.ClH/c1-45-56(85-44-70-45)47-20-18-46(19-21-47)42-68-60(79)54-16-13-32-76(54)61(80)57(63(2,3)4)71-55(77)17-8-7-10-34-82-37-39-83-38-36-81-33-9-5-6-11-35-84-52-22-23-53(65)50(41-52)43-69-59(78)49-14-12-15-51(40-49)73-64(26-30-67-31-27-64)62-72-58(74-75-62)48-24-28-66-29-25-48;/h12,14-15,18-25,28-29,40-41,44,54,57,67,73H,5-11,13,16-17,26-27,30-39,42-43H2,1-4H3,(H,68,79)(H,69,78)(H,71,77)(H,72,74,75);1H/t54-,57+;/m0./s1. The van der Waals surface area contributed by atoms with Crippen LogP contribution in [0, 0.1) is 18.2 Å². The van der Waals surface area contributed by atoms with Crippen LogP contribution in [-0.2, 0) is 47.2 Å². The Kier molecular flexibility index (Phi) is 26.2. The van der Waals surface area contributed by atoms with E-state index < -0.39 is 28.9 Å². The Balaban J connectivity index is 0.0000106. The van der Waals surface area contributed by atoms with Crippen molar-refractivity contribution in [1.82, 2.24) is 51.3 Å². The first kappa shape index (κ1) is 66.6. The first-order valence-electron chi connectivity index (χ1n) is 30.0. The van der Waals surface area contributed by atoms with Crippen molar-refractivity contribution in [3.8, 4) is 27.6 Å². The number of nitrogens with zero attached hydrogens (tertiary/aromatic N) is 5. The van der Waals surface area contributed by atoms with Crippen molar-refractivity contribution >= 4 is 53.1 Å². The molecule has 19 nitrogen and oxygen atoms in total. The second kappa shape index (κ2) is 33.9. The summed E-state index contributed by atoms with van der Waals surface area (Å²) in [7, 11) is 0. The number of aromatic amines is 1. The number of thiazole rings is 1. The van der Waals surface area contributed by atoms with Crippen LogP contribution in [0.25, 0.3) is 21.8 Å². The summed E-state index contributed by atoms with van der Waals surface area (Å²) in [5.41, 5.74) is 6.21. The molecule has 4 amide bonds. The SMILES string of the molecule is Cc1ncsc1-c1ccc(CNC(=O)[C@@H]2CCCN2C(=O)[C@@H](NC(=O)CCCCCOCCOCCOCCCCCCOc2ccc(F)c(CNC(=O)c3cccc(NC4(c5nc(-c6ccncc6)n[nH]5)CCNCC4)c3)c2)C(C)(C)C)cc1.Cl. The molecular weight excluding hydrogens is 1140 g/mol. The number of pyridine rings is 1. The number of amides is 4. The highest BCUT2D eigenvalue weighted by Gasteiger charge is 2.42. The van der Waals surface area contributed by atoms with E-state index >= 15 is 0 Å². The van der Waals surface area contributed by atoms with Gasteiger partial charge in [0, 0.05) is 74.0 Å². The number of aryl methyl sites for hydroxylation is 1. The van der Waals surface area contributed by atoms with E-state index in [1.807, 2.05) is 81.7 Å². The van der Waals surface area contributed by atoms with Gasteiger partial charge in [0.25, 0.3) is 5.91 Å². The van der Waals surface area contributed by atoms with E-state index in [-0.39, 0.29) is 42.6 Å². The maximum absolute atomic E-state index is 14.9. The van der Waals surface area contributed by atoms with Crippen LogP contribution in [0.3, 0.4) is 0 Å². The molecule has 0 bridgehead atoms. The van der Waals surface area contributed by atoms with Gasteiger partial charge in [-0.05, 0) is 143 Å². The van der Waals surface area contributed by atoms with Crippen LogP contribution < -0.4 is 31.3 Å². The molecule has 2 atom stereocenters. The molecule has 8 rings (SSSR count). The molecule has 0 spiro atoms. The number of nitrogens with one attached hydrogen (secondary N) is 6. The highest BCUT2D eigenvalue weighted by molar-refractivity contribution is 7.13. The minimum Gasteiger partial charge on any atom is -0.494 e. The van der Waals surface area contributed by atoms with Crippen LogP contribution in [-0.4, -0.2) is 132 Å². The van der Waals surface area contributed by atoms with E-state index in [9.17, 15) is 23.6 Å².